The lowest BCUT2D eigenvalue weighted by atomic mass is 10.3. The topological polar surface area (TPSA) is 54.9 Å². The molecule has 1 amide bonds. The molecule has 0 unspecified atom stereocenters. The molecular weight excluding hydrogens is 166 g/mol. The standard InChI is InChI=1S/C9H11N3O/c1-6-2-8(6)9(13)12-7-3-10-5-11-4-7/h3-6,8H,2H2,1H3,(H,12,13)/t6-,8-/m0/s1. The van der Waals surface area contributed by atoms with Crippen molar-refractivity contribution >= 4 is 11.6 Å². The zero-order chi connectivity index (χ0) is 9.26. The Hall–Kier alpha value is -1.45. The Morgan fingerprint density at radius 1 is 1.54 bits per heavy atom. The van der Waals surface area contributed by atoms with Crippen molar-refractivity contribution in [2.75, 3.05) is 5.32 Å². The van der Waals surface area contributed by atoms with E-state index in [9.17, 15) is 4.79 Å². The SMILES string of the molecule is C[C@H]1C[C@@H]1C(=O)Nc1cncnc1. The van der Waals surface area contributed by atoms with Gasteiger partial charge in [-0.25, -0.2) is 9.97 Å². The maximum absolute atomic E-state index is 11.4. The summed E-state index contributed by atoms with van der Waals surface area (Å²) in [5.74, 6) is 0.812. The number of amides is 1. The second-order valence-corrected chi connectivity index (χ2v) is 3.44. The largest absolute Gasteiger partial charge is 0.323 e. The molecule has 4 heteroatoms. The van der Waals surface area contributed by atoms with E-state index in [1.54, 1.807) is 12.4 Å². The van der Waals surface area contributed by atoms with Crippen molar-refractivity contribution in [3.05, 3.63) is 18.7 Å². The van der Waals surface area contributed by atoms with E-state index in [1.165, 1.54) is 6.33 Å². The van der Waals surface area contributed by atoms with E-state index in [1.807, 2.05) is 0 Å². The molecule has 1 aromatic rings. The highest BCUT2D eigenvalue weighted by atomic mass is 16.2. The van der Waals surface area contributed by atoms with E-state index in [2.05, 4.69) is 22.2 Å². The minimum absolute atomic E-state index is 0.0855. The van der Waals surface area contributed by atoms with Crippen LogP contribution in [0.3, 0.4) is 0 Å². The van der Waals surface area contributed by atoms with Crippen molar-refractivity contribution in [2.45, 2.75) is 13.3 Å². The van der Waals surface area contributed by atoms with Crippen molar-refractivity contribution in [2.24, 2.45) is 11.8 Å². The van der Waals surface area contributed by atoms with Crippen LogP contribution >= 0.6 is 0 Å². The van der Waals surface area contributed by atoms with Crippen molar-refractivity contribution in [1.82, 2.24) is 9.97 Å². The Kier molecular flexibility index (Phi) is 1.96. The molecule has 0 radical (unpaired) electrons. The average molecular weight is 177 g/mol. The Morgan fingerprint density at radius 2 is 2.15 bits per heavy atom. The summed E-state index contributed by atoms with van der Waals surface area (Å²) in [7, 11) is 0. The summed E-state index contributed by atoms with van der Waals surface area (Å²) in [4.78, 5) is 19.0. The molecule has 13 heavy (non-hydrogen) atoms. The first-order valence-electron chi connectivity index (χ1n) is 4.33. The van der Waals surface area contributed by atoms with Crippen molar-refractivity contribution in [3.8, 4) is 0 Å². The molecule has 1 aliphatic carbocycles. The van der Waals surface area contributed by atoms with Gasteiger partial charge in [0, 0.05) is 5.92 Å². The lowest BCUT2D eigenvalue weighted by molar-refractivity contribution is -0.117. The molecule has 1 saturated carbocycles. The number of carbonyl (C=O) groups excluding carboxylic acids is 1. The third-order valence-electron chi connectivity index (χ3n) is 2.27. The molecule has 2 rings (SSSR count). The maximum Gasteiger partial charge on any atom is 0.227 e. The molecule has 1 fully saturated rings. The lowest BCUT2D eigenvalue weighted by Gasteiger charge is -2.01. The summed E-state index contributed by atoms with van der Waals surface area (Å²) in [6.07, 6.45) is 5.63. The molecule has 2 atom stereocenters. The second-order valence-electron chi connectivity index (χ2n) is 3.44. The van der Waals surface area contributed by atoms with E-state index in [0.717, 1.165) is 6.42 Å². The van der Waals surface area contributed by atoms with E-state index in [4.69, 9.17) is 0 Å². The van der Waals surface area contributed by atoms with Gasteiger partial charge in [0.15, 0.2) is 0 Å². The Balaban J connectivity index is 1.95. The number of rotatable bonds is 2. The summed E-state index contributed by atoms with van der Waals surface area (Å²) >= 11 is 0. The van der Waals surface area contributed by atoms with Gasteiger partial charge in [-0.15, -0.1) is 0 Å². The Labute approximate surface area is 76.4 Å². The minimum Gasteiger partial charge on any atom is -0.323 e. The fourth-order valence-electron chi connectivity index (χ4n) is 1.29. The van der Waals surface area contributed by atoms with Crippen LogP contribution in [-0.2, 0) is 4.79 Å². The van der Waals surface area contributed by atoms with Crippen LogP contribution in [-0.4, -0.2) is 15.9 Å². The molecule has 1 aromatic heterocycles. The van der Waals surface area contributed by atoms with Crippen LogP contribution in [0, 0.1) is 11.8 Å². The predicted octanol–water partition coefficient (Wildman–Crippen LogP) is 1.07. The molecule has 0 aromatic carbocycles. The number of carbonyl (C=O) groups is 1. The summed E-state index contributed by atoms with van der Waals surface area (Å²) in [6.45, 7) is 2.08. The van der Waals surface area contributed by atoms with E-state index >= 15 is 0 Å². The van der Waals surface area contributed by atoms with Gasteiger partial charge in [-0.2, -0.15) is 0 Å². The number of anilines is 1. The third-order valence-corrected chi connectivity index (χ3v) is 2.27. The van der Waals surface area contributed by atoms with Gasteiger partial charge in [-0.1, -0.05) is 6.92 Å². The zero-order valence-electron chi connectivity index (χ0n) is 7.40. The molecular formula is C9H11N3O. The van der Waals surface area contributed by atoms with Gasteiger partial charge in [0.2, 0.25) is 5.91 Å². The highest BCUT2D eigenvalue weighted by molar-refractivity contribution is 5.94. The molecule has 4 nitrogen and oxygen atoms in total. The van der Waals surface area contributed by atoms with Gasteiger partial charge in [-0.3, -0.25) is 4.79 Å². The van der Waals surface area contributed by atoms with Gasteiger partial charge in [-0.05, 0) is 12.3 Å². The zero-order valence-corrected chi connectivity index (χ0v) is 7.40. The Morgan fingerprint density at radius 3 is 2.69 bits per heavy atom. The van der Waals surface area contributed by atoms with Gasteiger partial charge in [0.05, 0.1) is 18.1 Å². The molecule has 1 heterocycles. The van der Waals surface area contributed by atoms with E-state index < -0.39 is 0 Å². The van der Waals surface area contributed by atoms with Crippen LogP contribution in [0.15, 0.2) is 18.7 Å². The van der Waals surface area contributed by atoms with Crippen LogP contribution in [0.4, 0.5) is 5.69 Å². The van der Waals surface area contributed by atoms with Gasteiger partial charge >= 0.3 is 0 Å². The summed E-state index contributed by atoms with van der Waals surface area (Å²) < 4.78 is 0. The number of nitrogens with zero attached hydrogens (tertiary/aromatic N) is 2. The summed E-state index contributed by atoms with van der Waals surface area (Å²) in [5.41, 5.74) is 0.673. The van der Waals surface area contributed by atoms with E-state index in [-0.39, 0.29) is 11.8 Å². The van der Waals surface area contributed by atoms with Crippen molar-refractivity contribution < 1.29 is 4.79 Å². The van der Waals surface area contributed by atoms with Crippen molar-refractivity contribution in [1.29, 1.82) is 0 Å². The first kappa shape index (κ1) is 8.16. The quantitative estimate of drug-likeness (QED) is 0.735. The minimum atomic E-state index is 0.0855. The lowest BCUT2D eigenvalue weighted by Crippen LogP contribution is -2.14. The van der Waals surface area contributed by atoms with Crippen molar-refractivity contribution in [3.63, 3.8) is 0 Å². The van der Waals surface area contributed by atoms with Crippen LogP contribution in [0.25, 0.3) is 0 Å². The number of hydrogen-bond acceptors (Lipinski definition) is 3. The second kappa shape index (κ2) is 3.12. The number of nitrogens with one attached hydrogen (secondary N) is 1. The van der Waals surface area contributed by atoms with Gasteiger partial charge < -0.3 is 5.32 Å². The Bertz CT molecular complexity index is 312. The smallest absolute Gasteiger partial charge is 0.227 e. The monoisotopic (exact) mass is 177 g/mol. The normalized spacial score (nSPS) is 25.3. The van der Waals surface area contributed by atoms with Crippen LogP contribution in [0.1, 0.15) is 13.3 Å². The summed E-state index contributed by atoms with van der Waals surface area (Å²) in [5, 5.41) is 2.77. The first-order valence-corrected chi connectivity index (χ1v) is 4.33. The van der Waals surface area contributed by atoms with Gasteiger partial charge in [0.25, 0.3) is 0 Å². The van der Waals surface area contributed by atoms with E-state index in [0.29, 0.717) is 11.6 Å². The fourth-order valence-corrected chi connectivity index (χ4v) is 1.29. The molecule has 68 valence electrons. The number of aromatic nitrogens is 2. The number of hydrogen-bond donors (Lipinski definition) is 1. The highest BCUT2D eigenvalue weighted by Crippen LogP contribution is 2.38. The molecule has 1 aliphatic rings. The van der Waals surface area contributed by atoms with Crippen LogP contribution in [0.5, 0.6) is 0 Å². The summed E-state index contributed by atoms with van der Waals surface area (Å²) in [6, 6.07) is 0. The third kappa shape index (κ3) is 1.83. The van der Waals surface area contributed by atoms with Crippen LogP contribution in [0.2, 0.25) is 0 Å². The first-order chi connectivity index (χ1) is 6.27. The predicted molar refractivity (Wildman–Crippen MR) is 47.9 cm³/mol. The average Bonchev–Trinajstić information content (AvgIpc) is 2.84. The molecule has 1 N–H and O–H groups in total. The fraction of sp³-hybridized carbons (Fsp3) is 0.444. The maximum atomic E-state index is 11.4. The molecule has 0 aliphatic heterocycles. The van der Waals surface area contributed by atoms with Crippen LogP contribution < -0.4 is 5.32 Å². The molecule has 0 spiro atoms. The highest BCUT2D eigenvalue weighted by Gasteiger charge is 2.39. The van der Waals surface area contributed by atoms with Gasteiger partial charge in [0.1, 0.15) is 6.33 Å². The molecule has 0 bridgehead atoms. The molecule has 0 saturated heterocycles.